The summed E-state index contributed by atoms with van der Waals surface area (Å²) in [6.07, 6.45) is 0. The minimum atomic E-state index is -1.14. The van der Waals surface area contributed by atoms with Crippen molar-refractivity contribution in [3.05, 3.63) is 33.9 Å². The van der Waals surface area contributed by atoms with Gasteiger partial charge in [-0.3, -0.25) is 14.9 Å². The first-order chi connectivity index (χ1) is 9.31. The van der Waals surface area contributed by atoms with Gasteiger partial charge in [0.25, 0.3) is 5.69 Å². The average molecular weight is 298 g/mol. The van der Waals surface area contributed by atoms with Crippen molar-refractivity contribution in [3.63, 3.8) is 0 Å². The topological polar surface area (TPSA) is 110 Å². The van der Waals surface area contributed by atoms with Crippen molar-refractivity contribution in [2.45, 2.75) is 24.8 Å². The molecule has 1 aromatic carbocycles. The zero-order valence-electron chi connectivity index (χ0n) is 11.0. The highest BCUT2D eigenvalue weighted by Gasteiger charge is 2.19. The van der Waals surface area contributed by atoms with E-state index in [2.05, 4.69) is 5.32 Å². The summed E-state index contributed by atoms with van der Waals surface area (Å²) in [4.78, 5) is 32.7. The Hall–Kier alpha value is -2.09. The standard InChI is InChI=1S/C12H14N2O5S/c1-7-3-4-9(14(18)19)5-11(7)20-6-10(12(16)17)13-8(2)15/h3-5,10H,6H2,1-2H3,(H,13,15)(H,16,17). The van der Waals surface area contributed by atoms with E-state index in [4.69, 9.17) is 5.11 Å². The average Bonchev–Trinajstić information content (AvgIpc) is 2.35. The summed E-state index contributed by atoms with van der Waals surface area (Å²) in [5.41, 5.74) is 0.761. The van der Waals surface area contributed by atoms with Crippen LogP contribution >= 0.6 is 11.8 Å². The Balaban J connectivity index is 2.81. The summed E-state index contributed by atoms with van der Waals surface area (Å²) in [6.45, 7) is 3.01. The summed E-state index contributed by atoms with van der Waals surface area (Å²) in [5.74, 6) is -1.48. The number of carbonyl (C=O) groups is 2. The van der Waals surface area contributed by atoms with Gasteiger partial charge in [-0.1, -0.05) is 6.07 Å². The van der Waals surface area contributed by atoms with Gasteiger partial charge in [0.05, 0.1) is 4.92 Å². The molecule has 0 fully saturated rings. The first-order valence-electron chi connectivity index (χ1n) is 5.69. The van der Waals surface area contributed by atoms with Crippen LogP contribution in [0.25, 0.3) is 0 Å². The Bertz CT molecular complexity index is 547. The number of nitrogens with one attached hydrogen (secondary N) is 1. The molecule has 1 amide bonds. The van der Waals surface area contributed by atoms with Crippen LogP contribution in [0.4, 0.5) is 5.69 Å². The SMILES string of the molecule is CC(=O)NC(CSc1cc([N+](=O)[O-])ccc1C)C(=O)O. The first-order valence-corrected chi connectivity index (χ1v) is 6.67. The van der Waals surface area contributed by atoms with Crippen molar-refractivity contribution < 1.29 is 19.6 Å². The van der Waals surface area contributed by atoms with E-state index in [-0.39, 0.29) is 11.4 Å². The molecule has 0 aliphatic heterocycles. The zero-order chi connectivity index (χ0) is 15.3. The van der Waals surface area contributed by atoms with E-state index in [0.717, 1.165) is 17.3 Å². The Labute approximate surface area is 119 Å². The molecule has 0 radical (unpaired) electrons. The molecule has 0 aromatic heterocycles. The summed E-state index contributed by atoms with van der Waals surface area (Å²) in [6, 6.07) is 3.36. The lowest BCUT2D eigenvalue weighted by Crippen LogP contribution is -2.41. The van der Waals surface area contributed by atoms with Crippen LogP contribution in [0.3, 0.4) is 0 Å². The Morgan fingerprint density at radius 2 is 2.15 bits per heavy atom. The predicted molar refractivity (Wildman–Crippen MR) is 73.8 cm³/mol. The van der Waals surface area contributed by atoms with E-state index in [1.807, 2.05) is 0 Å². The number of hydrogen-bond donors (Lipinski definition) is 2. The Kier molecular flexibility index (Phi) is 5.51. The van der Waals surface area contributed by atoms with Crippen molar-refractivity contribution in [1.29, 1.82) is 0 Å². The lowest BCUT2D eigenvalue weighted by atomic mass is 10.2. The molecule has 0 aliphatic carbocycles. The number of carbonyl (C=O) groups excluding carboxylic acids is 1. The van der Waals surface area contributed by atoms with Crippen LogP contribution in [0.2, 0.25) is 0 Å². The molecule has 20 heavy (non-hydrogen) atoms. The highest BCUT2D eigenvalue weighted by atomic mass is 32.2. The van der Waals surface area contributed by atoms with Gasteiger partial charge < -0.3 is 10.4 Å². The third-order valence-electron chi connectivity index (χ3n) is 2.46. The van der Waals surface area contributed by atoms with E-state index in [9.17, 15) is 19.7 Å². The largest absolute Gasteiger partial charge is 0.480 e. The number of benzene rings is 1. The summed E-state index contributed by atoms with van der Waals surface area (Å²) in [5, 5.41) is 22.0. The lowest BCUT2D eigenvalue weighted by molar-refractivity contribution is -0.385. The van der Waals surface area contributed by atoms with Gasteiger partial charge in [-0.2, -0.15) is 0 Å². The van der Waals surface area contributed by atoms with Crippen LogP contribution in [-0.2, 0) is 9.59 Å². The lowest BCUT2D eigenvalue weighted by Gasteiger charge is -2.13. The third-order valence-corrected chi connectivity index (χ3v) is 3.71. The zero-order valence-corrected chi connectivity index (χ0v) is 11.8. The van der Waals surface area contributed by atoms with E-state index in [1.54, 1.807) is 13.0 Å². The summed E-state index contributed by atoms with van der Waals surface area (Å²) < 4.78 is 0. The number of rotatable bonds is 6. The van der Waals surface area contributed by atoms with Crippen LogP contribution in [0, 0.1) is 17.0 Å². The number of hydrogen-bond acceptors (Lipinski definition) is 5. The molecule has 8 heteroatoms. The molecule has 0 aliphatic rings. The van der Waals surface area contributed by atoms with Gasteiger partial charge in [0.15, 0.2) is 0 Å². The third kappa shape index (κ3) is 4.54. The number of aryl methyl sites for hydroxylation is 1. The van der Waals surface area contributed by atoms with Gasteiger partial charge in [0, 0.05) is 29.7 Å². The fraction of sp³-hybridized carbons (Fsp3) is 0.333. The quantitative estimate of drug-likeness (QED) is 0.469. The molecule has 2 N–H and O–H groups in total. The number of nitro groups is 1. The number of nitrogens with zero attached hydrogens (tertiary/aromatic N) is 1. The molecular formula is C12H14N2O5S. The highest BCUT2D eigenvalue weighted by molar-refractivity contribution is 7.99. The molecule has 0 heterocycles. The molecular weight excluding hydrogens is 284 g/mol. The molecule has 0 saturated carbocycles. The fourth-order valence-corrected chi connectivity index (χ4v) is 2.52. The van der Waals surface area contributed by atoms with Crippen LogP contribution in [0.15, 0.2) is 23.1 Å². The van der Waals surface area contributed by atoms with Gasteiger partial charge in [0.2, 0.25) is 5.91 Å². The second-order valence-electron chi connectivity index (χ2n) is 4.11. The smallest absolute Gasteiger partial charge is 0.327 e. The number of thioether (sulfide) groups is 1. The van der Waals surface area contributed by atoms with E-state index in [0.29, 0.717) is 4.90 Å². The molecule has 1 atom stereocenters. The minimum Gasteiger partial charge on any atom is -0.480 e. The van der Waals surface area contributed by atoms with Crippen molar-refractivity contribution in [1.82, 2.24) is 5.32 Å². The first kappa shape index (κ1) is 16.0. The van der Waals surface area contributed by atoms with Gasteiger partial charge in [-0.15, -0.1) is 11.8 Å². The fourth-order valence-electron chi connectivity index (χ4n) is 1.45. The normalized spacial score (nSPS) is 11.7. The maximum absolute atomic E-state index is 11.0. The molecule has 1 aromatic rings. The second-order valence-corrected chi connectivity index (χ2v) is 5.17. The Morgan fingerprint density at radius 3 is 2.65 bits per heavy atom. The van der Waals surface area contributed by atoms with Crippen LogP contribution in [0.5, 0.6) is 0 Å². The van der Waals surface area contributed by atoms with Gasteiger partial charge >= 0.3 is 5.97 Å². The molecule has 1 rings (SSSR count). The van der Waals surface area contributed by atoms with Crippen LogP contribution in [0.1, 0.15) is 12.5 Å². The van der Waals surface area contributed by atoms with E-state index >= 15 is 0 Å². The van der Waals surface area contributed by atoms with Crippen LogP contribution in [-0.4, -0.2) is 33.7 Å². The number of carboxylic acid groups (broad SMARTS) is 1. The molecule has 1 unspecified atom stereocenters. The summed E-state index contributed by atoms with van der Waals surface area (Å²) >= 11 is 1.16. The van der Waals surface area contributed by atoms with E-state index in [1.165, 1.54) is 19.1 Å². The Morgan fingerprint density at radius 1 is 1.50 bits per heavy atom. The molecule has 7 nitrogen and oxygen atoms in total. The van der Waals surface area contributed by atoms with Crippen molar-refractivity contribution >= 4 is 29.3 Å². The number of nitro benzene ring substituents is 1. The summed E-state index contributed by atoms with van der Waals surface area (Å²) in [7, 11) is 0. The molecule has 0 bridgehead atoms. The molecule has 108 valence electrons. The maximum Gasteiger partial charge on any atom is 0.327 e. The van der Waals surface area contributed by atoms with Gasteiger partial charge in [0.1, 0.15) is 6.04 Å². The van der Waals surface area contributed by atoms with Gasteiger partial charge in [-0.25, -0.2) is 4.79 Å². The van der Waals surface area contributed by atoms with E-state index < -0.39 is 22.8 Å². The van der Waals surface area contributed by atoms with Crippen molar-refractivity contribution in [3.8, 4) is 0 Å². The van der Waals surface area contributed by atoms with Crippen molar-refractivity contribution in [2.24, 2.45) is 0 Å². The maximum atomic E-state index is 11.0. The number of non-ortho nitro benzene ring substituents is 1. The number of amides is 1. The van der Waals surface area contributed by atoms with Crippen LogP contribution < -0.4 is 5.32 Å². The number of aliphatic carboxylic acids is 1. The number of carboxylic acids is 1. The van der Waals surface area contributed by atoms with Gasteiger partial charge in [-0.05, 0) is 12.5 Å². The monoisotopic (exact) mass is 298 g/mol. The highest BCUT2D eigenvalue weighted by Crippen LogP contribution is 2.27. The molecule has 0 spiro atoms. The van der Waals surface area contributed by atoms with Crippen molar-refractivity contribution in [2.75, 3.05) is 5.75 Å². The predicted octanol–water partition coefficient (Wildman–Crippen LogP) is 1.58. The molecule has 0 saturated heterocycles. The minimum absolute atomic E-state index is 0.0514. The second kappa shape index (κ2) is 6.90.